The Kier molecular flexibility index (Phi) is 6.46. The highest BCUT2D eigenvalue weighted by atomic mass is 19.1. The third kappa shape index (κ3) is 5.88. The van der Waals surface area contributed by atoms with Gasteiger partial charge in [0, 0.05) is 26.6 Å². The zero-order chi connectivity index (χ0) is 18.2. The average Bonchev–Trinajstić information content (AvgIpc) is 2.59. The van der Waals surface area contributed by atoms with Crippen LogP contribution < -0.4 is 5.32 Å². The molecule has 0 aliphatic heterocycles. The Morgan fingerprint density at radius 1 is 1.12 bits per heavy atom. The van der Waals surface area contributed by atoms with E-state index in [4.69, 9.17) is 0 Å². The molecule has 0 fully saturated rings. The normalized spacial score (nSPS) is 12.0. The maximum absolute atomic E-state index is 13.2. The van der Waals surface area contributed by atoms with E-state index in [0.717, 1.165) is 5.56 Å². The van der Waals surface area contributed by atoms with Crippen LogP contribution >= 0.6 is 0 Å². The SMILES string of the molecule is CN(C)C(=O)C(Cc1ccccc1)NC(=O)/C=C/c1cccc(F)c1. The van der Waals surface area contributed by atoms with Crippen molar-refractivity contribution in [3.8, 4) is 0 Å². The van der Waals surface area contributed by atoms with Crippen LogP contribution in [0.5, 0.6) is 0 Å². The summed E-state index contributed by atoms with van der Waals surface area (Å²) in [6.45, 7) is 0. The number of nitrogens with one attached hydrogen (secondary N) is 1. The number of halogens is 1. The maximum Gasteiger partial charge on any atom is 0.244 e. The smallest absolute Gasteiger partial charge is 0.244 e. The summed E-state index contributed by atoms with van der Waals surface area (Å²) in [5.74, 6) is -0.955. The lowest BCUT2D eigenvalue weighted by Gasteiger charge is -2.21. The van der Waals surface area contributed by atoms with Gasteiger partial charge in [0.1, 0.15) is 11.9 Å². The van der Waals surface area contributed by atoms with E-state index in [1.54, 1.807) is 26.2 Å². The molecule has 0 saturated carbocycles. The first-order valence-electron chi connectivity index (χ1n) is 7.95. The van der Waals surface area contributed by atoms with E-state index in [1.807, 2.05) is 30.3 Å². The van der Waals surface area contributed by atoms with Gasteiger partial charge in [-0.3, -0.25) is 9.59 Å². The topological polar surface area (TPSA) is 49.4 Å². The molecule has 0 aromatic heterocycles. The Hall–Kier alpha value is -2.95. The van der Waals surface area contributed by atoms with Crippen LogP contribution in [-0.2, 0) is 16.0 Å². The second kappa shape index (κ2) is 8.78. The highest BCUT2D eigenvalue weighted by molar-refractivity contribution is 5.95. The second-order valence-corrected chi connectivity index (χ2v) is 5.87. The summed E-state index contributed by atoms with van der Waals surface area (Å²) < 4.78 is 13.2. The second-order valence-electron chi connectivity index (χ2n) is 5.87. The van der Waals surface area contributed by atoms with Gasteiger partial charge < -0.3 is 10.2 Å². The Morgan fingerprint density at radius 3 is 2.48 bits per heavy atom. The number of benzene rings is 2. The largest absolute Gasteiger partial charge is 0.347 e. The molecular formula is C20H21FN2O2. The summed E-state index contributed by atoms with van der Waals surface area (Å²) in [4.78, 5) is 26.0. The lowest BCUT2D eigenvalue weighted by molar-refractivity contribution is -0.133. The zero-order valence-corrected chi connectivity index (χ0v) is 14.3. The van der Waals surface area contributed by atoms with Gasteiger partial charge in [0.15, 0.2) is 0 Å². The molecule has 0 aliphatic rings. The molecule has 25 heavy (non-hydrogen) atoms. The summed E-state index contributed by atoms with van der Waals surface area (Å²) in [6, 6.07) is 14.7. The first-order valence-corrected chi connectivity index (χ1v) is 7.95. The van der Waals surface area contributed by atoms with Gasteiger partial charge in [-0.05, 0) is 29.3 Å². The summed E-state index contributed by atoms with van der Waals surface area (Å²) in [6.07, 6.45) is 3.21. The van der Waals surface area contributed by atoms with Crippen LogP contribution in [0.3, 0.4) is 0 Å². The predicted octanol–water partition coefficient (Wildman–Crippen LogP) is 2.65. The molecule has 130 valence electrons. The maximum atomic E-state index is 13.2. The number of likely N-dealkylation sites (N-methyl/N-ethyl adjacent to an activating group) is 1. The lowest BCUT2D eigenvalue weighted by atomic mass is 10.0. The molecule has 0 radical (unpaired) electrons. The Balaban J connectivity index is 2.07. The molecular weight excluding hydrogens is 319 g/mol. The number of hydrogen-bond donors (Lipinski definition) is 1. The molecule has 0 aliphatic carbocycles. The lowest BCUT2D eigenvalue weighted by Crippen LogP contribution is -2.47. The van der Waals surface area contributed by atoms with Crippen LogP contribution in [0.2, 0.25) is 0 Å². The molecule has 2 amide bonds. The van der Waals surface area contributed by atoms with Crippen LogP contribution in [0.4, 0.5) is 4.39 Å². The van der Waals surface area contributed by atoms with Crippen molar-refractivity contribution in [2.45, 2.75) is 12.5 Å². The number of amides is 2. The monoisotopic (exact) mass is 340 g/mol. The van der Waals surface area contributed by atoms with Gasteiger partial charge >= 0.3 is 0 Å². The van der Waals surface area contributed by atoms with Crippen LogP contribution in [-0.4, -0.2) is 36.9 Å². The average molecular weight is 340 g/mol. The van der Waals surface area contributed by atoms with Gasteiger partial charge in [-0.2, -0.15) is 0 Å². The van der Waals surface area contributed by atoms with Gasteiger partial charge in [-0.15, -0.1) is 0 Å². The number of carbonyl (C=O) groups is 2. The Morgan fingerprint density at radius 2 is 1.84 bits per heavy atom. The fourth-order valence-electron chi connectivity index (χ4n) is 2.36. The minimum absolute atomic E-state index is 0.184. The number of nitrogens with zero attached hydrogens (tertiary/aromatic N) is 1. The highest BCUT2D eigenvalue weighted by Gasteiger charge is 2.21. The van der Waals surface area contributed by atoms with Gasteiger partial charge in [0.25, 0.3) is 0 Å². The van der Waals surface area contributed by atoms with Crippen LogP contribution in [0, 0.1) is 5.82 Å². The summed E-state index contributed by atoms with van der Waals surface area (Å²) in [5.41, 5.74) is 1.53. The van der Waals surface area contributed by atoms with Gasteiger partial charge in [-0.1, -0.05) is 42.5 Å². The summed E-state index contributed by atoms with van der Waals surface area (Å²) >= 11 is 0. The van der Waals surface area contributed by atoms with Crippen molar-refractivity contribution in [2.75, 3.05) is 14.1 Å². The minimum atomic E-state index is -0.665. The van der Waals surface area contributed by atoms with Crippen molar-refractivity contribution >= 4 is 17.9 Å². The van der Waals surface area contributed by atoms with Crippen LogP contribution in [0.15, 0.2) is 60.7 Å². The van der Waals surface area contributed by atoms with Crippen molar-refractivity contribution in [3.05, 3.63) is 77.6 Å². The van der Waals surface area contributed by atoms with Crippen molar-refractivity contribution < 1.29 is 14.0 Å². The fraction of sp³-hybridized carbons (Fsp3) is 0.200. The molecule has 0 saturated heterocycles. The Bertz CT molecular complexity index is 757. The summed E-state index contributed by atoms with van der Waals surface area (Å²) in [7, 11) is 3.30. The van der Waals surface area contributed by atoms with E-state index in [0.29, 0.717) is 12.0 Å². The van der Waals surface area contributed by atoms with Gasteiger partial charge in [0.05, 0.1) is 0 Å². The zero-order valence-electron chi connectivity index (χ0n) is 14.3. The molecule has 4 nitrogen and oxygen atoms in total. The molecule has 2 rings (SSSR count). The van der Waals surface area contributed by atoms with Crippen molar-refractivity contribution in [3.63, 3.8) is 0 Å². The molecule has 5 heteroatoms. The molecule has 0 bridgehead atoms. The van der Waals surface area contributed by atoms with Crippen LogP contribution in [0.1, 0.15) is 11.1 Å². The van der Waals surface area contributed by atoms with Gasteiger partial charge in [0.2, 0.25) is 11.8 Å². The van der Waals surface area contributed by atoms with Crippen LogP contribution in [0.25, 0.3) is 6.08 Å². The third-order valence-electron chi connectivity index (χ3n) is 3.61. The predicted molar refractivity (Wildman–Crippen MR) is 96.2 cm³/mol. The number of rotatable bonds is 6. The molecule has 1 unspecified atom stereocenters. The molecule has 0 spiro atoms. The molecule has 1 N–H and O–H groups in total. The van der Waals surface area contributed by atoms with E-state index in [-0.39, 0.29) is 11.7 Å². The highest BCUT2D eigenvalue weighted by Crippen LogP contribution is 2.07. The standard InChI is InChI=1S/C20H21FN2O2/c1-23(2)20(25)18(14-15-7-4-3-5-8-15)22-19(24)12-11-16-9-6-10-17(21)13-16/h3-13,18H,14H2,1-2H3,(H,22,24)/b12-11+. The quantitative estimate of drug-likeness (QED) is 0.822. The minimum Gasteiger partial charge on any atom is -0.347 e. The van der Waals surface area contributed by atoms with E-state index in [1.165, 1.54) is 29.2 Å². The molecule has 1 atom stereocenters. The first kappa shape index (κ1) is 18.4. The molecule has 2 aromatic rings. The number of carbonyl (C=O) groups excluding carboxylic acids is 2. The molecule has 0 heterocycles. The van der Waals surface area contributed by atoms with Crippen molar-refractivity contribution in [2.24, 2.45) is 0 Å². The van der Waals surface area contributed by atoms with Crippen molar-refractivity contribution in [1.82, 2.24) is 10.2 Å². The fourth-order valence-corrected chi connectivity index (χ4v) is 2.36. The van der Waals surface area contributed by atoms with Crippen molar-refractivity contribution in [1.29, 1.82) is 0 Å². The third-order valence-corrected chi connectivity index (χ3v) is 3.61. The Labute approximate surface area is 147 Å². The van der Waals surface area contributed by atoms with Gasteiger partial charge in [-0.25, -0.2) is 4.39 Å². The van der Waals surface area contributed by atoms with E-state index < -0.39 is 11.9 Å². The summed E-state index contributed by atoms with van der Waals surface area (Å²) in [5, 5.41) is 2.72. The van der Waals surface area contributed by atoms with E-state index in [2.05, 4.69) is 5.32 Å². The first-order chi connectivity index (χ1) is 12.0. The molecule has 2 aromatic carbocycles. The van der Waals surface area contributed by atoms with E-state index >= 15 is 0 Å². The number of hydrogen-bond acceptors (Lipinski definition) is 2. The van der Waals surface area contributed by atoms with E-state index in [9.17, 15) is 14.0 Å².